The molecule has 0 aliphatic carbocycles. The first kappa shape index (κ1) is 15.3. The summed E-state index contributed by atoms with van der Waals surface area (Å²) < 4.78 is 26.6. The quantitative estimate of drug-likeness (QED) is 0.806. The Kier molecular flexibility index (Phi) is 4.09. The number of hydrogen-bond donors (Lipinski definition) is 2. The maximum atomic E-state index is 12.6. The molecule has 0 spiro atoms. The predicted octanol–water partition coefficient (Wildman–Crippen LogP) is 1.28. The summed E-state index contributed by atoms with van der Waals surface area (Å²) in [7, 11) is -3.59. The van der Waals surface area contributed by atoms with Gasteiger partial charge in [-0.1, -0.05) is 6.92 Å². The Morgan fingerprint density at radius 3 is 2.55 bits per heavy atom. The summed E-state index contributed by atoms with van der Waals surface area (Å²) in [5.41, 5.74) is 8.10. The predicted molar refractivity (Wildman–Crippen MR) is 78.9 cm³/mol. The fraction of sp³-hybridized carbons (Fsp3) is 0.571. The number of rotatable bonds is 2. The number of anilines is 1. The van der Waals surface area contributed by atoms with Crippen molar-refractivity contribution in [3.63, 3.8) is 0 Å². The fourth-order valence-corrected chi connectivity index (χ4v) is 3.98. The molecule has 112 valence electrons. The molecule has 1 aromatic carbocycles. The highest BCUT2D eigenvalue weighted by Gasteiger charge is 2.33. The van der Waals surface area contributed by atoms with E-state index >= 15 is 0 Å². The Hall–Kier alpha value is -1.11. The van der Waals surface area contributed by atoms with Crippen LogP contribution >= 0.6 is 0 Å². The van der Waals surface area contributed by atoms with Crippen LogP contribution in [-0.4, -0.2) is 37.0 Å². The molecule has 0 radical (unpaired) electrons. The number of β-amino-alcohol motifs (C(OH)–C–C–N with tert-alkyl or cyclic N) is 1. The highest BCUT2D eigenvalue weighted by atomic mass is 32.2. The van der Waals surface area contributed by atoms with Crippen molar-refractivity contribution in [3.05, 3.63) is 23.3 Å². The monoisotopic (exact) mass is 298 g/mol. The van der Waals surface area contributed by atoms with Gasteiger partial charge in [0.1, 0.15) is 0 Å². The number of hydrogen-bond acceptors (Lipinski definition) is 4. The molecule has 6 heteroatoms. The third-order valence-electron chi connectivity index (χ3n) is 4.20. The van der Waals surface area contributed by atoms with E-state index in [0.29, 0.717) is 18.7 Å². The van der Waals surface area contributed by atoms with E-state index in [9.17, 15) is 13.5 Å². The maximum absolute atomic E-state index is 12.6. The van der Waals surface area contributed by atoms with Gasteiger partial charge in [0.25, 0.3) is 0 Å². The molecule has 1 heterocycles. The van der Waals surface area contributed by atoms with Crippen molar-refractivity contribution in [3.8, 4) is 0 Å². The molecule has 20 heavy (non-hydrogen) atoms. The summed E-state index contributed by atoms with van der Waals surface area (Å²) >= 11 is 0. The van der Waals surface area contributed by atoms with Crippen LogP contribution in [0.25, 0.3) is 0 Å². The van der Waals surface area contributed by atoms with Crippen molar-refractivity contribution in [2.45, 2.75) is 38.2 Å². The van der Waals surface area contributed by atoms with E-state index < -0.39 is 16.1 Å². The second-order valence-corrected chi connectivity index (χ2v) is 7.59. The second-order valence-electron chi connectivity index (χ2n) is 5.65. The van der Waals surface area contributed by atoms with Crippen molar-refractivity contribution in [1.82, 2.24) is 4.31 Å². The molecule has 0 bridgehead atoms. The molecule has 1 fully saturated rings. The smallest absolute Gasteiger partial charge is 0.243 e. The van der Waals surface area contributed by atoms with E-state index in [-0.39, 0.29) is 17.4 Å². The minimum atomic E-state index is -3.59. The lowest BCUT2D eigenvalue weighted by Gasteiger charge is -2.33. The van der Waals surface area contributed by atoms with Crippen LogP contribution in [-0.2, 0) is 10.0 Å². The van der Waals surface area contributed by atoms with Crippen molar-refractivity contribution in [2.75, 3.05) is 18.8 Å². The summed E-state index contributed by atoms with van der Waals surface area (Å²) in [5.74, 6) is 0.131. The molecule has 0 amide bonds. The van der Waals surface area contributed by atoms with Gasteiger partial charge in [-0.3, -0.25) is 0 Å². The molecule has 2 rings (SSSR count). The van der Waals surface area contributed by atoms with Gasteiger partial charge in [0.2, 0.25) is 10.0 Å². The first-order chi connectivity index (χ1) is 9.23. The number of aryl methyl sites for hydroxylation is 1. The molecule has 0 aromatic heterocycles. The largest absolute Gasteiger partial charge is 0.398 e. The van der Waals surface area contributed by atoms with Gasteiger partial charge in [-0.2, -0.15) is 4.31 Å². The minimum Gasteiger partial charge on any atom is -0.398 e. The average molecular weight is 298 g/mol. The topological polar surface area (TPSA) is 83.6 Å². The third kappa shape index (κ3) is 2.68. The van der Waals surface area contributed by atoms with Crippen LogP contribution in [0.15, 0.2) is 17.0 Å². The molecule has 1 aliphatic rings. The van der Waals surface area contributed by atoms with Crippen molar-refractivity contribution >= 4 is 15.7 Å². The van der Waals surface area contributed by atoms with Crippen molar-refractivity contribution < 1.29 is 13.5 Å². The van der Waals surface area contributed by atoms with Crippen LogP contribution in [0.3, 0.4) is 0 Å². The van der Waals surface area contributed by atoms with E-state index in [2.05, 4.69) is 0 Å². The molecule has 5 nitrogen and oxygen atoms in total. The first-order valence-electron chi connectivity index (χ1n) is 6.78. The average Bonchev–Trinajstić information content (AvgIpc) is 2.38. The standard InChI is InChI=1S/C14H22N2O3S/c1-9-4-5-16(8-14(9)17)20(18,19)12-6-10(2)11(3)13(15)7-12/h6-7,9,14,17H,4-5,8,15H2,1-3H3. The Balaban J connectivity index is 2.36. The Morgan fingerprint density at radius 1 is 1.35 bits per heavy atom. The van der Waals surface area contributed by atoms with Crippen LogP contribution in [0.2, 0.25) is 0 Å². The fourth-order valence-electron chi connectivity index (χ4n) is 2.39. The number of benzene rings is 1. The summed E-state index contributed by atoms with van der Waals surface area (Å²) in [5, 5.41) is 9.88. The number of nitrogens with zero attached hydrogens (tertiary/aromatic N) is 1. The van der Waals surface area contributed by atoms with Gasteiger partial charge in [-0.05, 0) is 49.4 Å². The molecule has 3 N–H and O–H groups in total. The maximum Gasteiger partial charge on any atom is 0.243 e. The van der Waals surface area contributed by atoms with Crippen molar-refractivity contribution in [2.24, 2.45) is 5.92 Å². The molecular formula is C14H22N2O3S. The number of aliphatic hydroxyl groups excluding tert-OH is 1. The Labute approximate surface area is 120 Å². The highest BCUT2D eigenvalue weighted by Crippen LogP contribution is 2.27. The minimum absolute atomic E-state index is 0.131. The molecule has 1 saturated heterocycles. The van der Waals surface area contributed by atoms with E-state index in [0.717, 1.165) is 11.1 Å². The van der Waals surface area contributed by atoms with E-state index in [1.165, 1.54) is 10.4 Å². The van der Waals surface area contributed by atoms with Crippen LogP contribution in [0.1, 0.15) is 24.5 Å². The zero-order valence-corrected chi connectivity index (χ0v) is 12.9. The summed E-state index contributed by atoms with van der Waals surface area (Å²) in [6.45, 7) is 6.23. The van der Waals surface area contributed by atoms with Crippen LogP contribution < -0.4 is 5.73 Å². The summed E-state index contributed by atoms with van der Waals surface area (Å²) in [4.78, 5) is 0.208. The lowest BCUT2D eigenvalue weighted by atomic mass is 9.98. The molecule has 0 saturated carbocycles. The number of piperidine rings is 1. The van der Waals surface area contributed by atoms with E-state index in [4.69, 9.17) is 5.73 Å². The summed E-state index contributed by atoms with van der Waals surface area (Å²) in [6, 6.07) is 3.15. The summed E-state index contributed by atoms with van der Waals surface area (Å²) in [6.07, 6.45) is 0.0585. The zero-order chi connectivity index (χ0) is 15.1. The van der Waals surface area contributed by atoms with Crippen LogP contribution in [0.4, 0.5) is 5.69 Å². The Morgan fingerprint density at radius 2 is 2.00 bits per heavy atom. The lowest BCUT2D eigenvalue weighted by molar-refractivity contribution is 0.0605. The van der Waals surface area contributed by atoms with Crippen LogP contribution in [0, 0.1) is 19.8 Å². The van der Waals surface area contributed by atoms with E-state index in [1.54, 1.807) is 6.07 Å². The van der Waals surface area contributed by atoms with Gasteiger partial charge in [0.15, 0.2) is 0 Å². The van der Waals surface area contributed by atoms with Gasteiger partial charge >= 0.3 is 0 Å². The van der Waals surface area contributed by atoms with E-state index in [1.807, 2.05) is 20.8 Å². The van der Waals surface area contributed by atoms with Gasteiger partial charge in [-0.25, -0.2) is 8.42 Å². The zero-order valence-electron chi connectivity index (χ0n) is 12.1. The molecular weight excluding hydrogens is 276 g/mol. The molecule has 2 atom stereocenters. The van der Waals surface area contributed by atoms with Gasteiger partial charge < -0.3 is 10.8 Å². The van der Waals surface area contributed by atoms with Crippen molar-refractivity contribution in [1.29, 1.82) is 0 Å². The Bertz CT molecular complexity index is 590. The molecule has 1 aliphatic heterocycles. The SMILES string of the molecule is Cc1cc(S(=O)(=O)N2CCC(C)C(O)C2)cc(N)c1C. The lowest BCUT2D eigenvalue weighted by Crippen LogP contribution is -2.45. The number of nitrogen functional groups attached to an aromatic ring is 1. The van der Waals surface area contributed by atoms with Gasteiger partial charge in [-0.15, -0.1) is 0 Å². The number of nitrogens with two attached hydrogens (primary N) is 1. The third-order valence-corrected chi connectivity index (χ3v) is 6.04. The normalized spacial score (nSPS) is 24.8. The molecule has 1 aromatic rings. The number of sulfonamides is 1. The highest BCUT2D eigenvalue weighted by molar-refractivity contribution is 7.89. The second kappa shape index (κ2) is 5.35. The number of aliphatic hydroxyl groups is 1. The van der Waals surface area contributed by atoms with Gasteiger partial charge in [0, 0.05) is 18.8 Å². The first-order valence-corrected chi connectivity index (χ1v) is 8.22. The molecule has 2 unspecified atom stereocenters. The van der Waals surface area contributed by atoms with Gasteiger partial charge in [0.05, 0.1) is 11.0 Å². The van der Waals surface area contributed by atoms with Crippen LogP contribution in [0.5, 0.6) is 0 Å².